The number of nitrogens with one attached hydrogen (secondary N) is 2. The molecule has 7 nitrogen and oxygen atoms in total. The van der Waals surface area contributed by atoms with Gasteiger partial charge in [-0.05, 0) is 19.4 Å². The second-order valence-electron chi connectivity index (χ2n) is 6.99. The van der Waals surface area contributed by atoms with Crippen molar-refractivity contribution in [1.82, 2.24) is 20.4 Å². The third-order valence-electron chi connectivity index (χ3n) is 4.68. The molecule has 1 fully saturated rings. The summed E-state index contributed by atoms with van der Waals surface area (Å²) in [5.41, 5.74) is 2.42. The van der Waals surface area contributed by atoms with Crippen LogP contribution in [0.2, 0.25) is 0 Å². The summed E-state index contributed by atoms with van der Waals surface area (Å²) in [5, 5.41) is 5.44. The van der Waals surface area contributed by atoms with Crippen molar-refractivity contribution in [3.05, 3.63) is 29.3 Å². The first kappa shape index (κ1) is 21.2. The van der Waals surface area contributed by atoms with Crippen LogP contribution in [0.5, 0.6) is 5.75 Å². The molecule has 0 unspecified atom stereocenters. The number of carbonyl (C=O) groups is 2. The van der Waals surface area contributed by atoms with Gasteiger partial charge < -0.3 is 15.4 Å². The van der Waals surface area contributed by atoms with Gasteiger partial charge in [-0.25, -0.2) is 0 Å². The molecule has 1 aliphatic heterocycles. The van der Waals surface area contributed by atoms with Crippen molar-refractivity contribution in [2.75, 3.05) is 52.9 Å². The van der Waals surface area contributed by atoms with E-state index in [-0.39, 0.29) is 18.4 Å². The molecular weight excluding hydrogens is 344 g/mol. The number of methoxy groups -OCH3 is 1. The highest BCUT2D eigenvalue weighted by molar-refractivity contribution is 5.85. The van der Waals surface area contributed by atoms with Crippen molar-refractivity contribution < 1.29 is 14.3 Å². The number of rotatable bonds is 9. The maximum atomic E-state index is 12.0. The Kier molecular flexibility index (Phi) is 8.54. The molecule has 27 heavy (non-hydrogen) atoms. The average Bonchev–Trinajstić information content (AvgIpc) is 2.66. The minimum atomic E-state index is -0.137. The van der Waals surface area contributed by atoms with Gasteiger partial charge in [0, 0.05) is 44.8 Å². The monoisotopic (exact) mass is 376 g/mol. The van der Waals surface area contributed by atoms with Gasteiger partial charge in [0.05, 0.1) is 20.2 Å². The fraction of sp³-hybridized carbons (Fsp3) is 0.600. The van der Waals surface area contributed by atoms with Gasteiger partial charge in [0.1, 0.15) is 5.75 Å². The Labute approximate surface area is 162 Å². The summed E-state index contributed by atoms with van der Waals surface area (Å²) >= 11 is 0. The van der Waals surface area contributed by atoms with E-state index in [2.05, 4.69) is 39.5 Å². The smallest absolute Gasteiger partial charge is 0.239 e. The lowest BCUT2D eigenvalue weighted by Crippen LogP contribution is -2.49. The number of ether oxygens (including phenoxy) is 1. The summed E-state index contributed by atoms with van der Waals surface area (Å²) in [6.07, 6.45) is 0.887. The zero-order chi connectivity index (χ0) is 19.6. The van der Waals surface area contributed by atoms with E-state index in [1.807, 2.05) is 13.0 Å². The number of hydrogen-bond donors (Lipinski definition) is 2. The number of piperazine rings is 1. The second-order valence-corrected chi connectivity index (χ2v) is 6.99. The van der Waals surface area contributed by atoms with Crippen molar-refractivity contribution in [2.24, 2.45) is 0 Å². The van der Waals surface area contributed by atoms with E-state index in [1.165, 1.54) is 11.1 Å². The first-order valence-corrected chi connectivity index (χ1v) is 9.63. The van der Waals surface area contributed by atoms with E-state index in [4.69, 9.17) is 4.74 Å². The molecule has 0 radical (unpaired) electrons. The fourth-order valence-corrected chi connectivity index (χ4v) is 3.14. The van der Waals surface area contributed by atoms with Crippen LogP contribution in [0, 0.1) is 6.92 Å². The number of nitrogens with zero attached hydrogens (tertiary/aromatic N) is 2. The summed E-state index contributed by atoms with van der Waals surface area (Å²) in [5.74, 6) is 0.682. The average molecular weight is 377 g/mol. The topological polar surface area (TPSA) is 73.9 Å². The molecule has 0 atom stereocenters. The summed E-state index contributed by atoms with van der Waals surface area (Å²) in [7, 11) is 1.70. The normalized spacial score (nSPS) is 15.4. The number of amides is 2. The van der Waals surface area contributed by atoms with Gasteiger partial charge in [-0.15, -0.1) is 0 Å². The second kappa shape index (κ2) is 10.9. The van der Waals surface area contributed by atoms with Gasteiger partial charge in [0.25, 0.3) is 0 Å². The highest BCUT2D eigenvalue weighted by atomic mass is 16.5. The first-order valence-electron chi connectivity index (χ1n) is 9.63. The van der Waals surface area contributed by atoms with Crippen LogP contribution in [-0.2, 0) is 16.1 Å². The predicted octanol–water partition coefficient (Wildman–Crippen LogP) is 0.764. The van der Waals surface area contributed by atoms with Crippen LogP contribution in [0.1, 0.15) is 24.5 Å². The number of aryl methyl sites for hydroxylation is 1. The minimum absolute atomic E-state index is 0.0476. The zero-order valence-electron chi connectivity index (χ0n) is 16.7. The number of hydrogen-bond acceptors (Lipinski definition) is 5. The Bertz CT molecular complexity index is 628. The summed E-state index contributed by atoms with van der Waals surface area (Å²) < 4.78 is 5.46. The molecule has 1 aromatic carbocycles. The summed E-state index contributed by atoms with van der Waals surface area (Å²) in [6, 6.07) is 6.24. The van der Waals surface area contributed by atoms with E-state index in [0.717, 1.165) is 44.9 Å². The quantitative estimate of drug-likeness (QED) is 0.666. The third kappa shape index (κ3) is 7.19. The molecule has 150 valence electrons. The molecule has 2 amide bonds. The number of carbonyl (C=O) groups excluding carboxylic acids is 2. The van der Waals surface area contributed by atoms with Gasteiger partial charge >= 0.3 is 0 Å². The Hall–Kier alpha value is -2.12. The molecule has 0 aromatic heterocycles. The third-order valence-corrected chi connectivity index (χ3v) is 4.68. The minimum Gasteiger partial charge on any atom is -0.496 e. The van der Waals surface area contributed by atoms with Crippen LogP contribution < -0.4 is 15.4 Å². The van der Waals surface area contributed by atoms with Crippen molar-refractivity contribution >= 4 is 11.8 Å². The lowest BCUT2D eigenvalue weighted by Gasteiger charge is -2.34. The lowest BCUT2D eigenvalue weighted by molar-refractivity contribution is -0.127. The van der Waals surface area contributed by atoms with Gasteiger partial charge in [0.15, 0.2) is 0 Å². The first-order chi connectivity index (χ1) is 13.0. The molecule has 0 saturated carbocycles. The molecule has 1 heterocycles. The van der Waals surface area contributed by atoms with Crippen LogP contribution in [0.25, 0.3) is 0 Å². The molecule has 1 saturated heterocycles. The van der Waals surface area contributed by atoms with E-state index >= 15 is 0 Å². The maximum Gasteiger partial charge on any atom is 0.239 e. The molecule has 1 aliphatic rings. The zero-order valence-corrected chi connectivity index (χ0v) is 16.7. The molecule has 2 N–H and O–H groups in total. The predicted molar refractivity (Wildman–Crippen MR) is 106 cm³/mol. The molecule has 0 bridgehead atoms. The highest BCUT2D eigenvalue weighted by Crippen LogP contribution is 2.21. The maximum absolute atomic E-state index is 12.0. The highest BCUT2D eigenvalue weighted by Gasteiger charge is 2.20. The van der Waals surface area contributed by atoms with E-state index < -0.39 is 0 Å². The number of benzene rings is 1. The van der Waals surface area contributed by atoms with Gasteiger partial charge in [-0.1, -0.05) is 24.6 Å². The summed E-state index contributed by atoms with van der Waals surface area (Å²) in [6.45, 7) is 9.44. The van der Waals surface area contributed by atoms with Crippen LogP contribution in [0.4, 0.5) is 0 Å². The molecular formula is C20H32N4O3. The van der Waals surface area contributed by atoms with Crippen molar-refractivity contribution in [2.45, 2.75) is 26.8 Å². The van der Waals surface area contributed by atoms with Crippen LogP contribution >= 0.6 is 0 Å². The van der Waals surface area contributed by atoms with Crippen LogP contribution in [-0.4, -0.2) is 74.5 Å². The van der Waals surface area contributed by atoms with Crippen LogP contribution in [0.3, 0.4) is 0 Å². The molecule has 2 rings (SSSR count). The molecule has 0 spiro atoms. The Morgan fingerprint density at radius 1 is 1.07 bits per heavy atom. The molecule has 1 aromatic rings. The van der Waals surface area contributed by atoms with Gasteiger partial charge in [-0.3, -0.25) is 19.4 Å². The Morgan fingerprint density at radius 2 is 1.78 bits per heavy atom. The van der Waals surface area contributed by atoms with Crippen LogP contribution in [0.15, 0.2) is 18.2 Å². The molecule has 0 aliphatic carbocycles. The SMILES string of the molecule is CCCNC(=O)CNC(=O)CN1CCN(Cc2cc(C)ccc2OC)CC1. The van der Waals surface area contributed by atoms with Crippen molar-refractivity contribution in [3.8, 4) is 5.75 Å². The van der Waals surface area contributed by atoms with Crippen molar-refractivity contribution in [1.29, 1.82) is 0 Å². The largest absolute Gasteiger partial charge is 0.496 e. The fourth-order valence-electron chi connectivity index (χ4n) is 3.14. The van der Waals surface area contributed by atoms with Gasteiger partial charge in [-0.2, -0.15) is 0 Å². The van der Waals surface area contributed by atoms with Gasteiger partial charge in [0.2, 0.25) is 11.8 Å². The molecule has 7 heteroatoms. The van der Waals surface area contributed by atoms with E-state index in [0.29, 0.717) is 13.1 Å². The lowest BCUT2D eigenvalue weighted by atomic mass is 10.1. The van der Waals surface area contributed by atoms with E-state index in [9.17, 15) is 9.59 Å². The Morgan fingerprint density at radius 3 is 2.44 bits per heavy atom. The Balaban J connectivity index is 1.71. The summed E-state index contributed by atoms with van der Waals surface area (Å²) in [4.78, 5) is 28.1. The van der Waals surface area contributed by atoms with Crippen molar-refractivity contribution in [3.63, 3.8) is 0 Å². The standard InChI is InChI=1S/C20H32N4O3/c1-4-7-21-19(25)13-22-20(26)15-24-10-8-23(9-11-24)14-17-12-16(2)5-6-18(17)27-3/h5-6,12H,4,7-11,13-15H2,1-3H3,(H,21,25)(H,22,26). The van der Waals surface area contributed by atoms with E-state index in [1.54, 1.807) is 7.11 Å².